The van der Waals surface area contributed by atoms with Crippen LogP contribution in [0.4, 0.5) is 0 Å². The van der Waals surface area contributed by atoms with Gasteiger partial charge in [0.05, 0.1) is 0 Å². The van der Waals surface area contributed by atoms with Crippen molar-refractivity contribution < 1.29 is 0 Å². The molecule has 2 atom stereocenters. The summed E-state index contributed by atoms with van der Waals surface area (Å²) in [5.74, 6) is 0. The molecule has 1 N–H and O–H groups in total. The van der Waals surface area contributed by atoms with Crippen LogP contribution in [0.5, 0.6) is 0 Å². The van der Waals surface area contributed by atoms with E-state index in [0.717, 1.165) is 12.1 Å². The molecule has 0 spiro atoms. The molecule has 2 unspecified atom stereocenters. The lowest BCUT2D eigenvalue weighted by atomic mass is 9.96. The third-order valence-electron chi connectivity index (χ3n) is 5.15. The fraction of sp³-hybridized carbons (Fsp3) is 1.00. The number of rotatable bonds is 6. The van der Waals surface area contributed by atoms with Gasteiger partial charge in [0, 0.05) is 12.1 Å². The van der Waals surface area contributed by atoms with Crippen LogP contribution >= 0.6 is 0 Å². The average molecular weight is 267 g/mol. The summed E-state index contributed by atoms with van der Waals surface area (Å²) in [7, 11) is 4.39. The fourth-order valence-electron chi connectivity index (χ4n) is 3.82. The zero-order chi connectivity index (χ0) is 13.5. The lowest BCUT2D eigenvalue weighted by molar-refractivity contribution is 0.108. The molecule has 2 saturated heterocycles. The highest BCUT2D eigenvalue weighted by Gasteiger charge is 2.24. The molecule has 3 heteroatoms. The number of likely N-dealkylation sites (tertiary alicyclic amines) is 2. The number of hydrogen-bond acceptors (Lipinski definition) is 3. The maximum atomic E-state index is 3.31. The molecular formula is C16H33N3. The molecule has 0 radical (unpaired) electrons. The molecule has 19 heavy (non-hydrogen) atoms. The van der Waals surface area contributed by atoms with Crippen LogP contribution < -0.4 is 5.32 Å². The first-order valence-corrected chi connectivity index (χ1v) is 8.40. The van der Waals surface area contributed by atoms with Crippen LogP contribution in [0.1, 0.15) is 51.4 Å². The van der Waals surface area contributed by atoms with Gasteiger partial charge in [-0.2, -0.15) is 0 Å². The second-order valence-corrected chi connectivity index (χ2v) is 6.50. The summed E-state index contributed by atoms with van der Waals surface area (Å²) in [6.45, 7) is 5.15. The maximum Gasteiger partial charge on any atom is 0.0107 e. The van der Waals surface area contributed by atoms with Crippen molar-refractivity contribution in [3.05, 3.63) is 0 Å². The molecular weight excluding hydrogens is 234 g/mol. The van der Waals surface area contributed by atoms with Crippen molar-refractivity contribution in [2.75, 3.05) is 40.3 Å². The van der Waals surface area contributed by atoms with E-state index in [9.17, 15) is 0 Å². The number of nitrogens with one attached hydrogen (secondary N) is 1. The quantitative estimate of drug-likeness (QED) is 0.797. The molecule has 2 fully saturated rings. The molecule has 0 amide bonds. The van der Waals surface area contributed by atoms with Gasteiger partial charge in [0.15, 0.2) is 0 Å². The molecule has 2 rings (SSSR count). The Hall–Kier alpha value is -0.120. The highest BCUT2D eigenvalue weighted by molar-refractivity contribution is 4.81. The molecule has 0 bridgehead atoms. The highest BCUT2D eigenvalue weighted by atomic mass is 15.2. The molecule has 2 aliphatic heterocycles. The van der Waals surface area contributed by atoms with E-state index in [2.05, 4.69) is 29.2 Å². The molecule has 3 nitrogen and oxygen atoms in total. The van der Waals surface area contributed by atoms with Crippen LogP contribution in [-0.2, 0) is 0 Å². The van der Waals surface area contributed by atoms with Crippen LogP contribution in [0.2, 0.25) is 0 Å². The molecule has 2 heterocycles. The zero-order valence-electron chi connectivity index (χ0n) is 13.0. The van der Waals surface area contributed by atoms with Crippen molar-refractivity contribution in [2.45, 2.75) is 63.5 Å². The predicted molar refractivity (Wildman–Crippen MR) is 82.6 cm³/mol. The summed E-state index contributed by atoms with van der Waals surface area (Å²) < 4.78 is 0. The van der Waals surface area contributed by atoms with E-state index in [1.54, 1.807) is 0 Å². The summed E-state index contributed by atoms with van der Waals surface area (Å²) in [6.07, 6.45) is 11.3. The van der Waals surface area contributed by atoms with Crippen molar-refractivity contribution in [1.29, 1.82) is 0 Å². The van der Waals surface area contributed by atoms with Gasteiger partial charge >= 0.3 is 0 Å². The summed E-state index contributed by atoms with van der Waals surface area (Å²) in [5.41, 5.74) is 0. The van der Waals surface area contributed by atoms with Gasteiger partial charge in [-0.05, 0) is 78.8 Å². The summed E-state index contributed by atoms with van der Waals surface area (Å²) in [5, 5.41) is 3.31. The number of hydrogen-bond donors (Lipinski definition) is 1. The van der Waals surface area contributed by atoms with Crippen molar-refractivity contribution in [2.24, 2.45) is 0 Å². The SMILES string of the molecule is CNCCC1CCCCN1CCC1CCCCN1C. The third-order valence-corrected chi connectivity index (χ3v) is 5.15. The van der Waals surface area contributed by atoms with Crippen LogP contribution in [0.3, 0.4) is 0 Å². The van der Waals surface area contributed by atoms with Crippen LogP contribution in [-0.4, -0.2) is 62.2 Å². The Balaban J connectivity index is 1.75. The monoisotopic (exact) mass is 267 g/mol. The Morgan fingerprint density at radius 1 is 0.947 bits per heavy atom. The minimum atomic E-state index is 0.843. The molecule has 0 saturated carbocycles. The van der Waals surface area contributed by atoms with Gasteiger partial charge in [0.1, 0.15) is 0 Å². The van der Waals surface area contributed by atoms with Gasteiger partial charge in [-0.25, -0.2) is 0 Å². The zero-order valence-corrected chi connectivity index (χ0v) is 13.0. The number of piperidine rings is 2. The van der Waals surface area contributed by atoms with Crippen LogP contribution in [0.15, 0.2) is 0 Å². The van der Waals surface area contributed by atoms with E-state index in [-0.39, 0.29) is 0 Å². The molecule has 0 aromatic rings. The van der Waals surface area contributed by atoms with Crippen molar-refractivity contribution in [3.63, 3.8) is 0 Å². The Kier molecular flexibility index (Phi) is 6.62. The van der Waals surface area contributed by atoms with Gasteiger partial charge in [-0.15, -0.1) is 0 Å². The third kappa shape index (κ3) is 4.73. The van der Waals surface area contributed by atoms with E-state index in [1.807, 2.05) is 0 Å². The van der Waals surface area contributed by atoms with Gasteiger partial charge in [-0.1, -0.05) is 12.8 Å². The Labute approximate surface area is 119 Å². The van der Waals surface area contributed by atoms with Crippen LogP contribution in [0, 0.1) is 0 Å². The first kappa shape index (κ1) is 15.3. The lowest BCUT2D eigenvalue weighted by Gasteiger charge is -2.39. The van der Waals surface area contributed by atoms with E-state index in [1.165, 1.54) is 77.5 Å². The average Bonchev–Trinajstić information content (AvgIpc) is 2.45. The van der Waals surface area contributed by atoms with Gasteiger partial charge in [-0.3, -0.25) is 0 Å². The van der Waals surface area contributed by atoms with Gasteiger partial charge in [0.2, 0.25) is 0 Å². The predicted octanol–water partition coefficient (Wildman–Crippen LogP) is 2.32. The number of nitrogens with zero attached hydrogens (tertiary/aromatic N) is 2. The maximum absolute atomic E-state index is 3.31. The Morgan fingerprint density at radius 2 is 1.68 bits per heavy atom. The van der Waals surface area contributed by atoms with E-state index in [4.69, 9.17) is 0 Å². The van der Waals surface area contributed by atoms with Crippen LogP contribution in [0.25, 0.3) is 0 Å². The smallest absolute Gasteiger partial charge is 0.0107 e. The lowest BCUT2D eigenvalue weighted by Crippen LogP contribution is -2.44. The Bertz CT molecular complexity index is 244. The molecule has 112 valence electrons. The molecule has 2 aliphatic rings. The second kappa shape index (κ2) is 8.23. The minimum absolute atomic E-state index is 0.843. The molecule has 0 aromatic heterocycles. The van der Waals surface area contributed by atoms with E-state index >= 15 is 0 Å². The van der Waals surface area contributed by atoms with Crippen molar-refractivity contribution in [3.8, 4) is 0 Å². The first-order chi connectivity index (χ1) is 9.31. The summed E-state index contributed by atoms with van der Waals surface area (Å²) in [4.78, 5) is 5.37. The highest BCUT2D eigenvalue weighted by Crippen LogP contribution is 2.22. The second-order valence-electron chi connectivity index (χ2n) is 6.50. The van der Waals surface area contributed by atoms with Gasteiger partial charge in [0.25, 0.3) is 0 Å². The topological polar surface area (TPSA) is 18.5 Å². The van der Waals surface area contributed by atoms with E-state index in [0.29, 0.717) is 0 Å². The normalized spacial score (nSPS) is 30.6. The standard InChI is InChI=1S/C16H33N3/c1-17-11-9-16-8-4-6-13-19(16)14-10-15-7-3-5-12-18(15)2/h15-17H,3-14H2,1-2H3. The fourth-order valence-corrected chi connectivity index (χ4v) is 3.82. The van der Waals surface area contributed by atoms with Crippen molar-refractivity contribution >= 4 is 0 Å². The first-order valence-electron chi connectivity index (χ1n) is 8.40. The molecule has 0 aromatic carbocycles. The minimum Gasteiger partial charge on any atom is -0.320 e. The van der Waals surface area contributed by atoms with E-state index < -0.39 is 0 Å². The largest absolute Gasteiger partial charge is 0.320 e. The molecule has 0 aliphatic carbocycles. The summed E-state index contributed by atoms with van der Waals surface area (Å²) in [6, 6.07) is 1.69. The van der Waals surface area contributed by atoms with Gasteiger partial charge < -0.3 is 15.1 Å². The van der Waals surface area contributed by atoms with Crippen molar-refractivity contribution in [1.82, 2.24) is 15.1 Å². The Morgan fingerprint density at radius 3 is 2.42 bits per heavy atom. The summed E-state index contributed by atoms with van der Waals surface area (Å²) >= 11 is 0.